The number of hydrogen-bond acceptors (Lipinski definition) is 1. The minimum atomic E-state index is 1.18. The Balaban J connectivity index is 3.03. The summed E-state index contributed by atoms with van der Waals surface area (Å²) in [6.45, 7) is 2.11. The number of hydrogen-bond donors (Lipinski definition) is 1. The molecular weight excluding hydrogens is 148 g/mol. The average Bonchev–Trinajstić information content (AvgIpc) is 2.03. The summed E-state index contributed by atoms with van der Waals surface area (Å²) in [6.07, 6.45) is 0. The molecule has 0 saturated heterocycles. The highest BCUT2D eigenvalue weighted by Crippen LogP contribution is 2.19. The fourth-order valence-electron chi connectivity index (χ4n) is 1.31. The van der Waals surface area contributed by atoms with Crippen molar-refractivity contribution >= 4 is 11.4 Å². The van der Waals surface area contributed by atoms with E-state index in [0.717, 1.165) is 0 Å². The Morgan fingerprint density at radius 3 is 2.42 bits per heavy atom. The molecule has 0 aliphatic heterocycles. The topological polar surface area (TPSA) is 19.9 Å². The Hall–Kier alpha value is -1.02. The van der Waals surface area contributed by atoms with Gasteiger partial charge in [0, 0.05) is 25.8 Å². The molecule has 0 heterocycles. The molecule has 0 amide bonds. The molecule has 0 atom stereocenters. The van der Waals surface area contributed by atoms with Gasteiger partial charge in [-0.1, -0.05) is 0 Å². The second-order valence-electron chi connectivity index (χ2n) is 3.14. The lowest BCUT2D eigenvalue weighted by Gasteiger charge is -2.15. The van der Waals surface area contributed by atoms with E-state index in [-0.39, 0.29) is 0 Å². The zero-order valence-corrected chi connectivity index (χ0v) is 7.96. The van der Waals surface area contributed by atoms with Crippen molar-refractivity contribution in [3.05, 3.63) is 30.8 Å². The maximum atomic E-state index is 3.73. The Morgan fingerprint density at radius 2 is 2.00 bits per heavy atom. The van der Waals surface area contributed by atoms with Gasteiger partial charge in [-0.2, -0.15) is 0 Å². The van der Waals surface area contributed by atoms with Crippen molar-refractivity contribution in [1.29, 1.82) is 0 Å². The minimum absolute atomic E-state index is 1.18. The molecule has 0 radical (unpaired) electrons. The quantitative estimate of drug-likeness (QED) is 0.511. The Morgan fingerprint density at radius 1 is 1.33 bits per heavy atom. The molecule has 2 N–H and O–H groups in total. The van der Waals surface area contributed by atoms with Crippen LogP contribution in [0.25, 0.3) is 0 Å². The molecule has 0 aliphatic carbocycles. The van der Waals surface area contributed by atoms with Crippen LogP contribution in [-0.4, -0.2) is 14.1 Å². The number of quaternary nitrogens is 1. The normalized spacial score (nSPS) is 10.0. The van der Waals surface area contributed by atoms with Crippen LogP contribution in [0.2, 0.25) is 0 Å². The maximum Gasteiger partial charge on any atom is 0.103 e. The molecule has 12 heavy (non-hydrogen) atoms. The van der Waals surface area contributed by atoms with Crippen molar-refractivity contribution in [2.24, 2.45) is 0 Å². The summed E-state index contributed by atoms with van der Waals surface area (Å²) in [7, 11) is 7.84. The van der Waals surface area contributed by atoms with Gasteiger partial charge in [0.25, 0.3) is 0 Å². The first kappa shape index (κ1) is 9.07. The molecule has 2 nitrogen and oxygen atoms in total. The number of nitrogens with two attached hydrogens (primary N) is 1. The summed E-state index contributed by atoms with van der Waals surface area (Å²) in [5.41, 5.74) is 3.73. The molecule has 1 rings (SSSR count). The van der Waals surface area contributed by atoms with Crippen molar-refractivity contribution in [2.45, 2.75) is 6.92 Å². The number of rotatable bonds is 2. The van der Waals surface area contributed by atoms with Gasteiger partial charge in [-0.05, 0) is 24.6 Å². The van der Waals surface area contributed by atoms with Crippen LogP contribution in [0.4, 0.5) is 11.4 Å². The first-order chi connectivity index (χ1) is 5.65. The predicted molar refractivity (Wildman–Crippen MR) is 52.4 cm³/mol. The van der Waals surface area contributed by atoms with Crippen molar-refractivity contribution in [1.82, 2.24) is 0 Å². The highest BCUT2D eigenvalue weighted by atomic mass is 15.1. The average molecular weight is 164 g/mol. The first-order valence-electron chi connectivity index (χ1n) is 4.05. The molecular formula is C10H16N2. The molecule has 0 spiro atoms. The molecule has 0 fully saturated rings. The zero-order valence-electron chi connectivity index (χ0n) is 7.96. The van der Waals surface area contributed by atoms with Gasteiger partial charge >= 0.3 is 0 Å². The number of aryl methyl sites for hydroxylation is 1. The monoisotopic (exact) mass is 164 g/mol. The summed E-state index contributed by atoms with van der Waals surface area (Å²) in [6, 6.07) is 6.34. The van der Waals surface area contributed by atoms with E-state index in [2.05, 4.69) is 51.2 Å². The van der Waals surface area contributed by atoms with E-state index >= 15 is 0 Å². The molecule has 2 heteroatoms. The molecule has 0 unspecified atom stereocenters. The second kappa shape index (κ2) is 3.59. The fourth-order valence-corrected chi connectivity index (χ4v) is 1.31. The lowest BCUT2D eigenvalue weighted by atomic mass is 10.1. The summed E-state index contributed by atoms with van der Waals surface area (Å²) in [5.74, 6) is 0. The predicted octanol–water partition coefficient (Wildman–Crippen LogP) is 1.05. The van der Waals surface area contributed by atoms with E-state index in [4.69, 9.17) is 0 Å². The molecule has 0 aliphatic rings. The van der Waals surface area contributed by atoms with Crippen LogP contribution in [0.1, 0.15) is 5.56 Å². The van der Waals surface area contributed by atoms with Crippen LogP contribution in [-0.2, 0) is 0 Å². The maximum absolute atomic E-state index is 3.73. The SMILES string of the molecule is [CH2-][NH2+]c1ccc(N(C)C)c(C)c1. The molecule has 1 aromatic carbocycles. The summed E-state index contributed by atoms with van der Waals surface area (Å²) in [5, 5.41) is 1.87. The Labute approximate surface area is 74.2 Å². The highest BCUT2D eigenvalue weighted by Gasteiger charge is 2.00. The van der Waals surface area contributed by atoms with E-state index in [1.165, 1.54) is 16.9 Å². The van der Waals surface area contributed by atoms with Crippen molar-refractivity contribution < 1.29 is 5.32 Å². The van der Waals surface area contributed by atoms with Crippen molar-refractivity contribution in [3.63, 3.8) is 0 Å². The van der Waals surface area contributed by atoms with Crippen molar-refractivity contribution in [3.8, 4) is 0 Å². The Bertz CT molecular complexity index is 267. The summed E-state index contributed by atoms with van der Waals surface area (Å²) >= 11 is 0. The van der Waals surface area contributed by atoms with Crippen LogP contribution in [0.3, 0.4) is 0 Å². The minimum Gasteiger partial charge on any atom is -0.446 e. The van der Waals surface area contributed by atoms with Gasteiger partial charge in [0.2, 0.25) is 0 Å². The largest absolute Gasteiger partial charge is 0.446 e. The van der Waals surface area contributed by atoms with Crippen LogP contribution in [0.5, 0.6) is 0 Å². The van der Waals surface area contributed by atoms with E-state index in [0.29, 0.717) is 0 Å². The third-order valence-electron chi connectivity index (χ3n) is 1.94. The number of nitrogens with zero attached hydrogens (tertiary/aromatic N) is 1. The summed E-state index contributed by atoms with van der Waals surface area (Å²) < 4.78 is 0. The van der Waals surface area contributed by atoms with Gasteiger partial charge in [-0.3, -0.25) is 0 Å². The number of anilines is 1. The lowest BCUT2D eigenvalue weighted by Crippen LogP contribution is -2.69. The Kier molecular flexibility index (Phi) is 2.71. The lowest BCUT2D eigenvalue weighted by molar-refractivity contribution is -0.504. The van der Waals surface area contributed by atoms with Crippen molar-refractivity contribution in [2.75, 3.05) is 19.0 Å². The van der Waals surface area contributed by atoms with Gasteiger partial charge in [-0.15, -0.1) is 7.05 Å². The molecule has 0 saturated carbocycles. The van der Waals surface area contributed by atoms with Gasteiger partial charge in [-0.25, -0.2) is 0 Å². The third kappa shape index (κ3) is 1.77. The van der Waals surface area contributed by atoms with Gasteiger partial charge in [0.1, 0.15) is 5.69 Å². The second-order valence-corrected chi connectivity index (χ2v) is 3.14. The van der Waals surface area contributed by atoms with Gasteiger partial charge < -0.3 is 10.2 Å². The van der Waals surface area contributed by atoms with Crippen LogP contribution in [0.15, 0.2) is 18.2 Å². The van der Waals surface area contributed by atoms with Crippen LogP contribution < -0.4 is 10.2 Å². The molecule has 0 aromatic heterocycles. The molecule has 66 valence electrons. The van der Waals surface area contributed by atoms with Gasteiger partial charge in [0.15, 0.2) is 0 Å². The third-order valence-corrected chi connectivity index (χ3v) is 1.94. The fraction of sp³-hybridized carbons (Fsp3) is 0.300. The van der Waals surface area contributed by atoms with Crippen LogP contribution in [0, 0.1) is 14.0 Å². The smallest absolute Gasteiger partial charge is 0.103 e. The van der Waals surface area contributed by atoms with E-state index in [9.17, 15) is 0 Å². The van der Waals surface area contributed by atoms with Gasteiger partial charge in [0.05, 0.1) is 0 Å². The summed E-state index contributed by atoms with van der Waals surface area (Å²) in [4.78, 5) is 2.11. The van der Waals surface area contributed by atoms with E-state index in [1.807, 2.05) is 5.32 Å². The molecule has 0 bridgehead atoms. The molecule has 1 aromatic rings. The van der Waals surface area contributed by atoms with E-state index < -0.39 is 0 Å². The van der Waals surface area contributed by atoms with E-state index in [1.54, 1.807) is 0 Å². The number of benzene rings is 1. The zero-order chi connectivity index (χ0) is 9.14. The highest BCUT2D eigenvalue weighted by molar-refractivity contribution is 5.56. The standard InChI is InChI=1S/C10H16N2/c1-8-7-9(11-2)5-6-10(8)12(3)4/h5-7H,2,11H2,1,3-4H3. The first-order valence-corrected chi connectivity index (χ1v) is 4.05. The van der Waals surface area contributed by atoms with Crippen LogP contribution >= 0.6 is 0 Å².